The standard InChI is InChI=1S/C17H17BrN2O4/c18-12-5-10(6-13-15(12)23-4-3-22-13)7-14-19-16(24-20-14)11-8-17(11)1-2-21-9-17/h5-6,11H,1-4,7-9H2. The number of benzene rings is 1. The predicted octanol–water partition coefficient (Wildman–Crippen LogP) is 3.09. The van der Waals surface area contributed by atoms with Gasteiger partial charge in [0.2, 0.25) is 5.89 Å². The third kappa shape index (κ3) is 2.41. The van der Waals surface area contributed by atoms with Crippen molar-refractivity contribution in [3.8, 4) is 11.5 Å². The van der Waals surface area contributed by atoms with Gasteiger partial charge >= 0.3 is 0 Å². The van der Waals surface area contributed by atoms with E-state index in [9.17, 15) is 0 Å². The van der Waals surface area contributed by atoms with E-state index in [-0.39, 0.29) is 5.41 Å². The van der Waals surface area contributed by atoms with Crippen LogP contribution in [0.3, 0.4) is 0 Å². The predicted molar refractivity (Wildman–Crippen MR) is 87.5 cm³/mol. The maximum Gasteiger partial charge on any atom is 0.230 e. The van der Waals surface area contributed by atoms with E-state index in [1.54, 1.807) is 0 Å². The van der Waals surface area contributed by atoms with Crippen LogP contribution in [-0.4, -0.2) is 36.6 Å². The van der Waals surface area contributed by atoms with Crippen molar-refractivity contribution in [3.63, 3.8) is 0 Å². The van der Waals surface area contributed by atoms with Crippen molar-refractivity contribution < 1.29 is 18.7 Å². The molecule has 1 aromatic carbocycles. The van der Waals surface area contributed by atoms with Gasteiger partial charge in [0.15, 0.2) is 17.3 Å². The van der Waals surface area contributed by atoms with E-state index >= 15 is 0 Å². The number of aromatic nitrogens is 2. The summed E-state index contributed by atoms with van der Waals surface area (Å²) in [5.74, 6) is 3.36. The Morgan fingerprint density at radius 2 is 2.12 bits per heavy atom. The summed E-state index contributed by atoms with van der Waals surface area (Å²) in [5.41, 5.74) is 1.33. The quantitative estimate of drug-likeness (QED) is 0.799. The Labute approximate surface area is 147 Å². The maximum atomic E-state index is 5.67. The van der Waals surface area contributed by atoms with Gasteiger partial charge in [0.05, 0.1) is 11.1 Å². The van der Waals surface area contributed by atoms with Crippen molar-refractivity contribution in [2.75, 3.05) is 26.4 Å². The molecule has 2 aliphatic heterocycles. The number of hydrogen-bond acceptors (Lipinski definition) is 6. The van der Waals surface area contributed by atoms with Gasteiger partial charge in [0.1, 0.15) is 13.2 Å². The van der Waals surface area contributed by atoms with Crippen molar-refractivity contribution in [2.24, 2.45) is 5.41 Å². The van der Waals surface area contributed by atoms with Gasteiger partial charge in [-0.1, -0.05) is 5.16 Å². The first kappa shape index (κ1) is 14.7. The lowest BCUT2D eigenvalue weighted by atomic mass is 10.0. The van der Waals surface area contributed by atoms with Crippen molar-refractivity contribution in [2.45, 2.75) is 25.2 Å². The van der Waals surface area contributed by atoms with E-state index in [0.717, 1.165) is 53.5 Å². The molecular formula is C17H17BrN2O4. The Balaban J connectivity index is 1.35. The number of ether oxygens (including phenoxy) is 3. The second kappa shape index (κ2) is 5.46. The Morgan fingerprint density at radius 1 is 1.21 bits per heavy atom. The van der Waals surface area contributed by atoms with Crippen molar-refractivity contribution in [1.82, 2.24) is 10.1 Å². The molecule has 1 aromatic heterocycles. The summed E-state index contributed by atoms with van der Waals surface area (Å²) < 4.78 is 23.2. The van der Waals surface area contributed by atoms with Gasteiger partial charge in [0, 0.05) is 24.4 Å². The number of halogens is 1. The van der Waals surface area contributed by atoms with Crippen molar-refractivity contribution in [3.05, 3.63) is 33.9 Å². The molecule has 2 atom stereocenters. The largest absolute Gasteiger partial charge is 0.486 e. The minimum absolute atomic E-state index is 0.268. The number of nitrogens with zero attached hydrogens (tertiary/aromatic N) is 2. The average molecular weight is 393 g/mol. The molecule has 7 heteroatoms. The number of hydrogen-bond donors (Lipinski definition) is 0. The van der Waals surface area contributed by atoms with Crippen LogP contribution in [0.4, 0.5) is 0 Å². The van der Waals surface area contributed by atoms with Gasteiger partial charge in [-0.15, -0.1) is 0 Å². The van der Waals surface area contributed by atoms with Crippen LogP contribution >= 0.6 is 15.9 Å². The van der Waals surface area contributed by atoms with Gasteiger partial charge in [-0.3, -0.25) is 0 Å². The lowest BCUT2D eigenvalue weighted by Gasteiger charge is -2.20. The Hall–Kier alpha value is -1.60. The van der Waals surface area contributed by atoms with Crippen LogP contribution in [0.1, 0.15) is 36.0 Å². The molecule has 6 nitrogen and oxygen atoms in total. The SMILES string of the molecule is Brc1cc(Cc2noc(C3CC34CCOC4)n2)cc2c1OCCO2. The third-order valence-corrected chi connectivity index (χ3v) is 5.71. The second-order valence-electron chi connectivity index (χ2n) is 6.75. The third-order valence-electron chi connectivity index (χ3n) is 5.12. The van der Waals surface area contributed by atoms with E-state index in [2.05, 4.69) is 26.1 Å². The topological polar surface area (TPSA) is 66.6 Å². The smallest absolute Gasteiger partial charge is 0.230 e. The fraction of sp³-hybridized carbons (Fsp3) is 0.529. The normalized spacial score (nSPS) is 27.6. The van der Waals surface area contributed by atoms with Gasteiger partial charge in [-0.25, -0.2) is 0 Å². The summed E-state index contributed by atoms with van der Waals surface area (Å²) in [6.45, 7) is 2.82. The molecule has 2 unspecified atom stereocenters. The molecule has 1 saturated carbocycles. The summed E-state index contributed by atoms with van der Waals surface area (Å²) in [6.07, 6.45) is 2.81. The van der Waals surface area contributed by atoms with Gasteiger partial charge in [-0.2, -0.15) is 4.98 Å². The molecule has 5 rings (SSSR count). The van der Waals surface area contributed by atoms with Crippen LogP contribution in [0.5, 0.6) is 11.5 Å². The summed E-state index contributed by atoms with van der Waals surface area (Å²) >= 11 is 3.54. The monoisotopic (exact) mass is 392 g/mol. The molecule has 24 heavy (non-hydrogen) atoms. The highest BCUT2D eigenvalue weighted by molar-refractivity contribution is 9.10. The molecule has 126 valence electrons. The molecule has 3 heterocycles. The first-order valence-electron chi connectivity index (χ1n) is 8.22. The second-order valence-corrected chi connectivity index (χ2v) is 7.60. The highest BCUT2D eigenvalue weighted by Gasteiger charge is 2.59. The molecule has 1 saturated heterocycles. The highest BCUT2D eigenvalue weighted by Crippen LogP contribution is 2.63. The zero-order chi connectivity index (χ0) is 16.1. The molecule has 0 N–H and O–H groups in total. The fourth-order valence-electron chi connectivity index (χ4n) is 3.69. The van der Waals surface area contributed by atoms with Crippen LogP contribution in [0.25, 0.3) is 0 Å². The van der Waals surface area contributed by atoms with E-state index in [1.165, 1.54) is 0 Å². The van der Waals surface area contributed by atoms with E-state index in [0.29, 0.717) is 31.4 Å². The maximum absolute atomic E-state index is 5.67. The summed E-state index contributed by atoms with van der Waals surface area (Å²) in [6, 6.07) is 4.01. The van der Waals surface area contributed by atoms with Crippen LogP contribution in [0.15, 0.2) is 21.1 Å². The van der Waals surface area contributed by atoms with Crippen molar-refractivity contribution in [1.29, 1.82) is 0 Å². The lowest BCUT2D eigenvalue weighted by molar-refractivity contribution is 0.170. The Kier molecular flexibility index (Phi) is 3.35. The van der Waals surface area contributed by atoms with Crippen LogP contribution < -0.4 is 9.47 Å². The average Bonchev–Trinajstić information content (AvgIpc) is 2.91. The first-order valence-corrected chi connectivity index (χ1v) is 9.01. The number of fused-ring (bicyclic) bond motifs is 1. The molecule has 2 aromatic rings. The molecule has 0 amide bonds. The molecule has 0 radical (unpaired) electrons. The minimum Gasteiger partial charge on any atom is -0.486 e. The lowest BCUT2D eigenvalue weighted by Crippen LogP contribution is -2.16. The molecule has 3 aliphatic rings. The Morgan fingerprint density at radius 3 is 3.00 bits per heavy atom. The van der Waals surface area contributed by atoms with Crippen LogP contribution in [0, 0.1) is 5.41 Å². The molecule has 0 bridgehead atoms. The van der Waals surface area contributed by atoms with Crippen LogP contribution in [0.2, 0.25) is 0 Å². The number of rotatable bonds is 3. The zero-order valence-corrected chi connectivity index (χ0v) is 14.7. The summed E-state index contributed by atoms with van der Waals surface area (Å²) in [7, 11) is 0. The summed E-state index contributed by atoms with van der Waals surface area (Å²) in [4.78, 5) is 4.61. The zero-order valence-electron chi connectivity index (χ0n) is 13.1. The Bertz CT molecular complexity index is 785. The minimum atomic E-state index is 0.268. The molecular weight excluding hydrogens is 376 g/mol. The van der Waals surface area contributed by atoms with Gasteiger partial charge < -0.3 is 18.7 Å². The molecule has 2 fully saturated rings. The van der Waals surface area contributed by atoms with Gasteiger partial charge in [0.25, 0.3) is 0 Å². The van der Waals surface area contributed by atoms with E-state index in [4.69, 9.17) is 18.7 Å². The first-order chi connectivity index (χ1) is 11.7. The van der Waals surface area contributed by atoms with Gasteiger partial charge in [-0.05, 0) is 46.5 Å². The molecule has 1 spiro atoms. The van der Waals surface area contributed by atoms with Crippen molar-refractivity contribution >= 4 is 15.9 Å². The van der Waals surface area contributed by atoms with E-state index in [1.807, 2.05) is 12.1 Å². The highest BCUT2D eigenvalue weighted by atomic mass is 79.9. The van der Waals surface area contributed by atoms with Crippen LogP contribution in [-0.2, 0) is 11.2 Å². The van der Waals surface area contributed by atoms with E-state index < -0.39 is 0 Å². The molecule has 1 aliphatic carbocycles. The summed E-state index contributed by atoms with van der Waals surface area (Å²) in [5, 5.41) is 4.15. The fourth-order valence-corrected chi connectivity index (χ4v) is 4.29.